The van der Waals surface area contributed by atoms with Crippen LogP contribution in [0.4, 0.5) is 5.82 Å². The van der Waals surface area contributed by atoms with E-state index in [1.165, 1.54) is 6.33 Å². The van der Waals surface area contributed by atoms with E-state index in [1.807, 2.05) is 13.8 Å². The van der Waals surface area contributed by atoms with Crippen molar-refractivity contribution in [3.05, 3.63) is 23.8 Å². The highest BCUT2D eigenvalue weighted by Gasteiger charge is 2.12. The van der Waals surface area contributed by atoms with Crippen LogP contribution in [0, 0.1) is 13.8 Å². The zero-order valence-corrected chi connectivity index (χ0v) is 7.98. The number of anilines is 1. The molecule has 14 heavy (non-hydrogen) atoms. The summed E-state index contributed by atoms with van der Waals surface area (Å²) in [5.41, 5.74) is 8.00. The molecule has 0 bridgehead atoms. The van der Waals surface area contributed by atoms with E-state index in [0.717, 1.165) is 22.7 Å². The molecule has 2 aromatic heterocycles. The molecule has 0 fully saturated rings. The van der Waals surface area contributed by atoms with E-state index in [2.05, 4.69) is 15.1 Å². The molecular formula is C9H10N4O. The molecule has 0 amide bonds. The first kappa shape index (κ1) is 8.68. The lowest BCUT2D eigenvalue weighted by Crippen LogP contribution is -1.93. The van der Waals surface area contributed by atoms with E-state index in [-0.39, 0.29) is 0 Å². The van der Waals surface area contributed by atoms with Crippen molar-refractivity contribution < 1.29 is 4.52 Å². The van der Waals surface area contributed by atoms with Gasteiger partial charge in [-0.3, -0.25) is 0 Å². The van der Waals surface area contributed by atoms with Gasteiger partial charge in [0.25, 0.3) is 0 Å². The average molecular weight is 190 g/mol. The Kier molecular flexibility index (Phi) is 1.92. The van der Waals surface area contributed by atoms with Gasteiger partial charge in [0, 0.05) is 6.07 Å². The number of rotatable bonds is 1. The molecule has 2 N–H and O–H groups in total. The molecule has 2 heterocycles. The van der Waals surface area contributed by atoms with Gasteiger partial charge in [-0.05, 0) is 13.8 Å². The van der Waals surface area contributed by atoms with Crippen molar-refractivity contribution in [3.63, 3.8) is 0 Å². The van der Waals surface area contributed by atoms with Crippen LogP contribution < -0.4 is 5.73 Å². The molecule has 72 valence electrons. The van der Waals surface area contributed by atoms with Gasteiger partial charge in [0.05, 0.1) is 17.0 Å². The van der Waals surface area contributed by atoms with Crippen LogP contribution in [0.15, 0.2) is 16.9 Å². The summed E-state index contributed by atoms with van der Waals surface area (Å²) >= 11 is 0. The van der Waals surface area contributed by atoms with Gasteiger partial charge in [-0.2, -0.15) is 0 Å². The van der Waals surface area contributed by atoms with Crippen LogP contribution in [0.3, 0.4) is 0 Å². The van der Waals surface area contributed by atoms with E-state index < -0.39 is 0 Å². The summed E-state index contributed by atoms with van der Waals surface area (Å²) in [7, 11) is 0. The Morgan fingerprint density at radius 3 is 2.64 bits per heavy atom. The first-order valence-corrected chi connectivity index (χ1v) is 4.19. The minimum Gasteiger partial charge on any atom is -0.384 e. The lowest BCUT2D eigenvalue weighted by Gasteiger charge is -1.98. The second-order valence-electron chi connectivity index (χ2n) is 3.03. The number of nitrogen functional groups attached to an aromatic ring is 1. The largest absolute Gasteiger partial charge is 0.384 e. The smallest absolute Gasteiger partial charge is 0.143 e. The Labute approximate surface area is 81.0 Å². The van der Waals surface area contributed by atoms with Gasteiger partial charge >= 0.3 is 0 Å². The van der Waals surface area contributed by atoms with Crippen molar-refractivity contribution in [2.24, 2.45) is 0 Å². The molecule has 0 aliphatic heterocycles. The summed E-state index contributed by atoms with van der Waals surface area (Å²) < 4.78 is 5.04. The molecule has 0 saturated heterocycles. The fourth-order valence-electron chi connectivity index (χ4n) is 1.36. The van der Waals surface area contributed by atoms with Crippen molar-refractivity contribution in [2.75, 3.05) is 5.73 Å². The van der Waals surface area contributed by atoms with Crippen LogP contribution in [0.25, 0.3) is 11.3 Å². The van der Waals surface area contributed by atoms with Gasteiger partial charge in [0.2, 0.25) is 0 Å². The predicted octanol–water partition coefficient (Wildman–Crippen LogP) is 1.33. The molecule has 0 aliphatic rings. The fraction of sp³-hybridized carbons (Fsp3) is 0.222. The minimum absolute atomic E-state index is 0.440. The molecule has 2 aromatic rings. The van der Waals surface area contributed by atoms with E-state index in [0.29, 0.717) is 5.82 Å². The summed E-state index contributed by atoms with van der Waals surface area (Å²) in [6, 6.07) is 1.70. The molecular weight excluding hydrogens is 180 g/mol. The summed E-state index contributed by atoms with van der Waals surface area (Å²) in [5.74, 6) is 1.18. The highest BCUT2D eigenvalue weighted by Crippen LogP contribution is 2.24. The SMILES string of the molecule is Cc1noc(C)c1-c1cc(N)ncn1. The van der Waals surface area contributed by atoms with E-state index >= 15 is 0 Å². The van der Waals surface area contributed by atoms with Crippen LogP contribution in [0.2, 0.25) is 0 Å². The molecule has 0 atom stereocenters. The van der Waals surface area contributed by atoms with Crippen molar-refractivity contribution in [2.45, 2.75) is 13.8 Å². The highest BCUT2D eigenvalue weighted by atomic mass is 16.5. The molecule has 2 rings (SSSR count). The number of nitrogens with zero attached hydrogens (tertiary/aromatic N) is 3. The number of nitrogens with two attached hydrogens (primary N) is 1. The topological polar surface area (TPSA) is 77.8 Å². The van der Waals surface area contributed by atoms with Gasteiger partial charge in [-0.1, -0.05) is 5.16 Å². The second kappa shape index (κ2) is 3.10. The Morgan fingerprint density at radius 2 is 2.07 bits per heavy atom. The summed E-state index contributed by atoms with van der Waals surface area (Å²) in [6.45, 7) is 3.71. The maximum atomic E-state index is 5.56. The summed E-state index contributed by atoms with van der Waals surface area (Å²) in [5, 5.41) is 3.85. The van der Waals surface area contributed by atoms with Crippen LogP contribution in [0.1, 0.15) is 11.5 Å². The first-order valence-electron chi connectivity index (χ1n) is 4.19. The maximum absolute atomic E-state index is 5.56. The quantitative estimate of drug-likeness (QED) is 0.733. The molecule has 0 saturated carbocycles. The number of aromatic nitrogens is 3. The number of aryl methyl sites for hydroxylation is 2. The van der Waals surface area contributed by atoms with Gasteiger partial charge in [-0.15, -0.1) is 0 Å². The number of hydrogen-bond donors (Lipinski definition) is 1. The van der Waals surface area contributed by atoms with E-state index in [4.69, 9.17) is 10.3 Å². The van der Waals surface area contributed by atoms with Crippen LogP contribution in [-0.2, 0) is 0 Å². The Hall–Kier alpha value is -1.91. The van der Waals surface area contributed by atoms with Crippen LogP contribution >= 0.6 is 0 Å². The predicted molar refractivity (Wildman–Crippen MR) is 51.4 cm³/mol. The Bertz CT molecular complexity index is 444. The Morgan fingerprint density at radius 1 is 1.29 bits per heavy atom. The molecule has 0 unspecified atom stereocenters. The normalized spacial score (nSPS) is 10.4. The second-order valence-corrected chi connectivity index (χ2v) is 3.03. The number of hydrogen-bond acceptors (Lipinski definition) is 5. The van der Waals surface area contributed by atoms with E-state index in [1.54, 1.807) is 6.07 Å². The van der Waals surface area contributed by atoms with Crippen molar-refractivity contribution in [1.82, 2.24) is 15.1 Å². The van der Waals surface area contributed by atoms with Crippen LogP contribution in [0.5, 0.6) is 0 Å². The molecule has 0 aliphatic carbocycles. The molecule has 5 nitrogen and oxygen atoms in total. The molecule has 0 spiro atoms. The molecule has 0 aromatic carbocycles. The molecule has 5 heteroatoms. The van der Waals surface area contributed by atoms with Crippen molar-refractivity contribution in [1.29, 1.82) is 0 Å². The lowest BCUT2D eigenvalue weighted by molar-refractivity contribution is 0.393. The third kappa shape index (κ3) is 1.32. The van der Waals surface area contributed by atoms with Gasteiger partial charge in [-0.25, -0.2) is 9.97 Å². The summed E-state index contributed by atoms with van der Waals surface area (Å²) in [4.78, 5) is 7.94. The van der Waals surface area contributed by atoms with Gasteiger partial charge < -0.3 is 10.3 Å². The van der Waals surface area contributed by atoms with Gasteiger partial charge in [0.15, 0.2) is 0 Å². The van der Waals surface area contributed by atoms with Crippen molar-refractivity contribution in [3.8, 4) is 11.3 Å². The monoisotopic (exact) mass is 190 g/mol. The Balaban J connectivity index is 2.59. The zero-order valence-electron chi connectivity index (χ0n) is 7.98. The molecule has 0 radical (unpaired) electrons. The third-order valence-electron chi connectivity index (χ3n) is 1.98. The maximum Gasteiger partial charge on any atom is 0.143 e. The standard InChI is InChI=1S/C9H10N4O/c1-5-9(6(2)14-13-5)7-3-8(10)12-4-11-7/h3-4H,1-2H3,(H2,10,11,12). The van der Waals surface area contributed by atoms with Gasteiger partial charge in [0.1, 0.15) is 17.9 Å². The van der Waals surface area contributed by atoms with Crippen molar-refractivity contribution >= 4 is 5.82 Å². The summed E-state index contributed by atoms with van der Waals surface area (Å²) in [6.07, 6.45) is 1.43. The highest BCUT2D eigenvalue weighted by molar-refractivity contribution is 5.65. The minimum atomic E-state index is 0.440. The average Bonchev–Trinajstić information content (AvgIpc) is 2.46. The van der Waals surface area contributed by atoms with E-state index in [9.17, 15) is 0 Å². The van der Waals surface area contributed by atoms with Crippen LogP contribution in [-0.4, -0.2) is 15.1 Å². The first-order chi connectivity index (χ1) is 6.68. The lowest BCUT2D eigenvalue weighted by atomic mass is 10.1. The fourth-order valence-corrected chi connectivity index (χ4v) is 1.36. The zero-order chi connectivity index (χ0) is 10.1. The third-order valence-corrected chi connectivity index (χ3v) is 1.98.